The first kappa shape index (κ1) is 37.9. The minimum Gasteiger partial charge on any atom is -0.481 e. The average molecular weight is 553 g/mol. The van der Waals surface area contributed by atoms with Crippen molar-refractivity contribution in [1.29, 1.82) is 0 Å². The van der Waals surface area contributed by atoms with Crippen molar-refractivity contribution in [3.8, 4) is 0 Å². The Bertz CT molecular complexity index is 519. The number of rotatable bonds is 32. The number of esters is 1. The van der Waals surface area contributed by atoms with E-state index in [2.05, 4.69) is 13.8 Å². The van der Waals surface area contributed by atoms with Gasteiger partial charge >= 0.3 is 11.9 Å². The lowest BCUT2D eigenvalue weighted by Gasteiger charge is -2.18. The summed E-state index contributed by atoms with van der Waals surface area (Å²) >= 11 is 0. The molecule has 0 aromatic heterocycles. The molecule has 232 valence electrons. The highest BCUT2D eigenvalue weighted by Gasteiger charge is 2.14. The third kappa shape index (κ3) is 31.3. The molecule has 1 atom stereocenters. The second kappa shape index (κ2) is 31.5. The van der Waals surface area contributed by atoms with E-state index in [1.165, 1.54) is 122 Å². The van der Waals surface area contributed by atoms with Crippen LogP contribution in [0.1, 0.15) is 206 Å². The van der Waals surface area contributed by atoms with Gasteiger partial charge in [-0.05, 0) is 38.5 Å². The molecule has 4 heteroatoms. The van der Waals surface area contributed by atoms with Gasteiger partial charge in [-0.3, -0.25) is 9.59 Å². The summed E-state index contributed by atoms with van der Waals surface area (Å²) in [5, 5.41) is 8.79. The molecule has 0 aliphatic rings. The maximum absolute atomic E-state index is 12.5. The predicted octanol–water partition coefficient (Wildman–Crippen LogP) is 11.7. The Morgan fingerprint density at radius 1 is 0.462 bits per heavy atom. The van der Waals surface area contributed by atoms with E-state index < -0.39 is 5.97 Å². The number of unbranched alkanes of at least 4 members (excludes halogenated alkanes) is 23. The first-order valence-corrected chi connectivity index (χ1v) is 17.5. The molecule has 0 fully saturated rings. The highest BCUT2D eigenvalue weighted by Crippen LogP contribution is 2.19. The van der Waals surface area contributed by atoms with Gasteiger partial charge in [0.1, 0.15) is 6.10 Å². The van der Waals surface area contributed by atoms with Crippen molar-refractivity contribution < 1.29 is 19.4 Å². The first-order chi connectivity index (χ1) is 19.1. The number of carboxylic acids is 1. The molecule has 0 amide bonds. The van der Waals surface area contributed by atoms with Crippen LogP contribution >= 0.6 is 0 Å². The molecule has 39 heavy (non-hydrogen) atoms. The monoisotopic (exact) mass is 553 g/mol. The molecular weight excluding hydrogens is 484 g/mol. The van der Waals surface area contributed by atoms with Crippen molar-refractivity contribution in [2.45, 2.75) is 213 Å². The normalized spacial score (nSPS) is 12.1. The lowest BCUT2D eigenvalue weighted by Crippen LogP contribution is -2.18. The molecule has 0 aliphatic heterocycles. The molecule has 1 N–H and O–H groups in total. The number of carboxylic acid groups (broad SMARTS) is 1. The zero-order chi connectivity index (χ0) is 28.7. The Kier molecular flexibility index (Phi) is 30.6. The molecule has 0 saturated heterocycles. The van der Waals surface area contributed by atoms with Crippen LogP contribution in [-0.2, 0) is 14.3 Å². The second-order valence-electron chi connectivity index (χ2n) is 12.1. The first-order valence-electron chi connectivity index (χ1n) is 17.5. The maximum Gasteiger partial charge on any atom is 0.306 e. The van der Waals surface area contributed by atoms with Crippen LogP contribution in [0.3, 0.4) is 0 Å². The Morgan fingerprint density at radius 3 is 1.13 bits per heavy atom. The topological polar surface area (TPSA) is 63.6 Å². The minimum atomic E-state index is -0.709. The average Bonchev–Trinajstić information content (AvgIpc) is 2.91. The van der Waals surface area contributed by atoms with Crippen molar-refractivity contribution >= 4 is 11.9 Å². The third-order valence-electron chi connectivity index (χ3n) is 8.08. The Morgan fingerprint density at radius 2 is 0.769 bits per heavy atom. The summed E-state index contributed by atoms with van der Waals surface area (Å²) < 4.78 is 5.93. The van der Waals surface area contributed by atoms with Gasteiger partial charge in [-0.2, -0.15) is 0 Å². The molecule has 0 aliphatic carbocycles. The molecule has 0 rings (SSSR count). The number of hydrogen-bond donors (Lipinski definition) is 1. The summed E-state index contributed by atoms with van der Waals surface area (Å²) in [5.74, 6) is -0.719. The van der Waals surface area contributed by atoms with Crippen molar-refractivity contribution in [2.75, 3.05) is 0 Å². The largest absolute Gasteiger partial charge is 0.481 e. The van der Waals surface area contributed by atoms with E-state index in [-0.39, 0.29) is 18.5 Å². The number of carbonyl (C=O) groups is 2. The molecule has 0 spiro atoms. The lowest BCUT2D eigenvalue weighted by atomic mass is 10.0. The van der Waals surface area contributed by atoms with Crippen molar-refractivity contribution in [3.63, 3.8) is 0 Å². The van der Waals surface area contributed by atoms with E-state index in [0.29, 0.717) is 6.42 Å². The fourth-order valence-corrected chi connectivity index (χ4v) is 5.48. The summed E-state index contributed by atoms with van der Waals surface area (Å²) in [6.07, 6.45) is 35.4. The van der Waals surface area contributed by atoms with Crippen molar-refractivity contribution in [2.24, 2.45) is 0 Å². The standard InChI is InChI=1S/C35H68O4/c1-3-5-7-9-11-12-13-14-15-16-17-18-20-22-28-32-35(38)39-33(29-25-21-19-10-8-6-4-2)30-26-23-24-27-31-34(36)37/h33H,3-32H2,1-2H3,(H,36,37). The van der Waals surface area contributed by atoms with Crippen molar-refractivity contribution in [3.05, 3.63) is 0 Å². The molecule has 0 saturated carbocycles. The molecule has 0 radical (unpaired) electrons. The molecule has 0 aromatic rings. The molecule has 0 aromatic carbocycles. The van der Waals surface area contributed by atoms with Crippen LogP contribution in [0.4, 0.5) is 0 Å². The van der Waals surface area contributed by atoms with Gasteiger partial charge < -0.3 is 9.84 Å². The number of hydrogen-bond acceptors (Lipinski definition) is 3. The number of aliphatic carboxylic acids is 1. The van der Waals surface area contributed by atoms with E-state index in [9.17, 15) is 9.59 Å². The smallest absolute Gasteiger partial charge is 0.306 e. The second-order valence-corrected chi connectivity index (χ2v) is 12.1. The van der Waals surface area contributed by atoms with E-state index in [1.54, 1.807) is 0 Å². The van der Waals surface area contributed by atoms with Crippen LogP contribution in [0.15, 0.2) is 0 Å². The van der Waals surface area contributed by atoms with E-state index in [4.69, 9.17) is 9.84 Å². The van der Waals surface area contributed by atoms with Gasteiger partial charge in [0.15, 0.2) is 0 Å². The van der Waals surface area contributed by atoms with Gasteiger partial charge in [-0.1, -0.05) is 155 Å². The van der Waals surface area contributed by atoms with E-state index in [1.807, 2.05) is 0 Å². The third-order valence-corrected chi connectivity index (χ3v) is 8.08. The van der Waals surface area contributed by atoms with Gasteiger partial charge in [0.2, 0.25) is 0 Å². The minimum absolute atomic E-state index is 0.0106. The van der Waals surface area contributed by atoms with Crippen LogP contribution < -0.4 is 0 Å². The van der Waals surface area contributed by atoms with Crippen LogP contribution in [0, 0.1) is 0 Å². The quantitative estimate of drug-likeness (QED) is 0.0665. The fraction of sp³-hybridized carbons (Fsp3) is 0.943. The van der Waals surface area contributed by atoms with Gasteiger partial charge in [0.25, 0.3) is 0 Å². The van der Waals surface area contributed by atoms with Gasteiger partial charge in [-0.15, -0.1) is 0 Å². The Balaban J connectivity index is 3.86. The SMILES string of the molecule is CCCCCCCCCCCCCCCCCC(=O)OC(CCCCCCCCC)CCCCCCC(=O)O. The summed E-state index contributed by atoms with van der Waals surface area (Å²) in [5.41, 5.74) is 0. The summed E-state index contributed by atoms with van der Waals surface area (Å²) in [6.45, 7) is 4.53. The van der Waals surface area contributed by atoms with Gasteiger partial charge in [0.05, 0.1) is 0 Å². The van der Waals surface area contributed by atoms with Crippen molar-refractivity contribution in [1.82, 2.24) is 0 Å². The molecule has 0 bridgehead atoms. The Hall–Kier alpha value is -1.06. The lowest BCUT2D eigenvalue weighted by molar-refractivity contribution is -0.150. The predicted molar refractivity (Wildman–Crippen MR) is 167 cm³/mol. The van der Waals surface area contributed by atoms with E-state index in [0.717, 1.165) is 57.8 Å². The molecule has 1 unspecified atom stereocenters. The maximum atomic E-state index is 12.5. The zero-order valence-corrected chi connectivity index (χ0v) is 26.5. The van der Waals surface area contributed by atoms with Crippen LogP contribution in [0.25, 0.3) is 0 Å². The van der Waals surface area contributed by atoms with Gasteiger partial charge in [0, 0.05) is 12.8 Å². The summed E-state index contributed by atoms with van der Waals surface area (Å²) in [6, 6.07) is 0. The number of carbonyl (C=O) groups excluding carboxylic acids is 1. The van der Waals surface area contributed by atoms with Crippen LogP contribution in [0.2, 0.25) is 0 Å². The highest BCUT2D eigenvalue weighted by molar-refractivity contribution is 5.69. The summed E-state index contributed by atoms with van der Waals surface area (Å²) in [4.78, 5) is 23.2. The van der Waals surface area contributed by atoms with Crippen LogP contribution in [0.5, 0.6) is 0 Å². The molecule has 4 nitrogen and oxygen atoms in total. The van der Waals surface area contributed by atoms with Crippen LogP contribution in [-0.4, -0.2) is 23.1 Å². The van der Waals surface area contributed by atoms with E-state index >= 15 is 0 Å². The molecule has 0 heterocycles. The summed E-state index contributed by atoms with van der Waals surface area (Å²) in [7, 11) is 0. The highest BCUT2D eigenvalue weighted by atomic mass is 16.5. The zero-order valence-electron chi connectivity index (χ0n) is 26.5. The number of ether oxygens (including phenoxy) is 1. The Labute approximate surface area is 243 Å². The fourth-order valence-electron chi connectivity index (χ4n) is 5.48. The molecular formula is C35H68O4. The van der Waals surface area contributed by atoms with Gasteiger partial charge in [-0.25, -0.2) is 0 Å².